The van der Waals surface area contributed by atoms with Gasteiger partial charge in [-0.1, -0.05) is 11.6 Å². The highest BCUT2D eigenvalue weighted by Crippen LogP contribution is 2.39. The zero-order valence-electron chi connectivity index (χ0n) is 9.65. The number of halogens is 2. The maximum atomic E-state index is 13.3. The van der Waals surface area contributed by atoms with Gasteiger partial charge in [-0.25, -0.2) is 9.18 Å². The van der Waals surface area contributed by atoms with E-state index < -0.39 is 17.8 Å². The van der Waals surface area contributed by atoms with E-state index in [-0.39, 0.29) is 30.5 Å². The van der Waals surface area contributed by atoms with Gasteiger partial charge in [-0.3, -0.25) is 4.79 Å². The molecule has 19 heavy (non-hydrogen) atoms. The van der Waals surface area contributed by atoms with Gasteiger partial charge in [-0.15, -0.1) is 0 Å². The Labute approximate surface area is 112 Å². The first-order valence-electron chi connectivity index (χ1n) is 5.38. The van der Waals surface area contributed by atoms with Gasteiger partial charge in [0.05, 0.1) is 12.2 Å². The Hall–Kier alpha value is -2.02. The molecule has 0 unspecified atom stereocenters. The van der Waals surface area contributed by atoms with Gasteiger partial charge in [0, 0.05) is 0 Å². The van der Waals surface area contributed by atoms with E-state index in [9.17, 15) is 14.0 Å². The molecular formula is C11H10ClFN2O4. The Morgan fingerprint density at radius 1 is 1.53 bits per heavy atom. The lowest BCUT2D eigenvalue weighted by atomic mass is 10.2. The number of nitrogens with one attached hydrogen (secondary N) is 1. The molecule has 1 aliphatic rings. The molecule has 8 heteroatoms. The minimum atomic E-state index is -1.29. The summed E-state index contributed by atoms with van der Waals surface area (Å²) in [5.41, 5.74) is 0.329. The van der Waals surface area contributed by atoms with E-state index in [4.69, 9.17) is 21.4 Å². The average Bonchev–Trinajstić information content (AvgIpc) is 2.39. The molecule has 0 fully saturated rings. The number of hydrogen-bond acceptors (Lipinski definition) is 3. The summed E-state index contributed by atoms with van der Waals surface area (Å²) in [7, 11) is 0. The molecule has 0 aliphatic carbocycles. The van der Waals surface area contributed by atoms with E-state index in [1.165, 1.54) is 11.0 Å². The first-order chi connectivity index (χ1) is 9.00. The molecular weight excluding hydrogens is 279 g/mol. The van der Waals surface area contributed by atoms with Crippen LogP contribution in [0.15, 0.2) is 12.1 Å². The van der Waals surface area contributed by atoms with Gasteiger partial charge in [0.15, 0.2) is 5.75 Å². The molecule has 1 aromatic rings. The van der Waals surface area contributed by atoms with Crippen LogP contribution in [0.25, 0.3) is 0 Å². The van der Waals surface area contributed by atoms with Crippen molar-refractivity contribution in [2.45, 2.75) is 0 Å². The first kappa shape index (κ1) is 13.4. The highest BCUT2D eigenvalue weighted by Gasteiger charge is 2.26. The van der Waals surface area contributed by atoms with E-state index in [2.05, 4.69) is 0 Å². The fourth-order valence-electron chi connectivity index (χ4n) is 1.74. The monoisotopic (exact) mass is 288 g/mol. The van der Waals surface area contributed by atoms with Crippen molar-refractivity contribution in [2.24, 2.45) is 0 Å². The minimum Gasteiger partial charge on any atom is -0.488 e. The lowest BCUT2D eigenvalue weighted by molar-refractivity contribution is -0.118. The van der Waals surface area contributed by atoms with Gasteiger partial charge >= 0.3 is 6.09 Å². The predicted molar refractivity (Wildman–Crippen MR) is 65.3 cm³/mol. The van der Waals surface area contributed by atoms with Crippen molar-refractivity contribution < 1.29 is 23.8 Å². The van der Waals surface area contributed by atoms with E-state index in [0.29, 0.717) is 5.69 Å². The van der Waals surface area contributed by atoms with Gasteiger partial charge < -0.3 is 20.1 Å². The molecule has 0 radical (unpaired) electrons. The smallest absolute Gasteiger partial charge is 0.405 e. The number of carbonyl (C=O) groups excluding carboxylic acids is 1. The summed E-state index contributed by atoms with van der Waals surface area (Å²) >= 11 is 5.76. The number of ether oxygens (including phenoxy) is 1. The molecule has 0 saturated heterocycles. The van der Waals surface area contributed by atoms with Gasteiger partial charge in [0.25, 0.3) is 0 Å². The number of anilines is 1. The van der Waals surface area contributed by atoms with Crippen LogP contribution in [0.4, 0.5) is 14.9 Å². The number of benzene rings is 1. The van der Waals surface area contributed by atoms with Crippen LogP contribution >= 0.6 is 11.6 Å². The fraction of sp³-hybridized carbons (Fsp3) is 0.273. The standard InChI is InChI=1S/C11H10ClFN2O4/c12-9-6(13)1-2-7-10(9)19-4-3-15(7)8(16)5-14-11(17)18/h1-2,14H,3-5H2,(H,17,18). The Bertz CT molecular complexity index is 538. The molecule has 2 rings (SSSR count). The number of rotatable bonds is 2. The predicted octanol–water partition coefficient (Wildman–Crippen LogP) is 1.47. The largest absolute Gasteiger partial charge is 0.488 e. The maximum absolute atomic E-state index is 13.3. The first-order valence-corrected chi connectivity index (χ1v) is 5.76. The highest BCUT2D eigenvalue weighted by molar-refractivity contribution is 6.32. The summed E-state index contributed by atoms with van der Waals surface area (Å²) in [6, 6.07) is 2.50. The summed E-state index contributed by atoms with van der Waals surface area (Å²) in [5.74, 6) is -1.01. The zero-order chi connectivity index (χ0) is 14.0. The summed E-state index contributed by atoms with van der Waals surface area (Å²) in [6.07, 6.45) is -1.29. The molecule has 1 aromatic carbocycles. The van der Waals surface area contributed by atoms with Crippen molar-refractivity contribution in [1.29, 1.82) is 0 Å². The lowest BCUT2D eigenvalue weighted by Crippen LogP contribution is -2.43. The number of hydrogen-bond donors (Lipinski definition) is 2. The second-order valence-electron chi connectivity index (χ2n) is 3.76. The van der Waals surface area contributed by atoms with E-state index in [1.807, 2.05) is 5.32 Å². The maximum Gasteiger partial charge on any atom is 0.405 e. The number of carboxylic acid groups (broad SMARTS) is 1. The third-order valence-electron chi connectivity index (χ3n) is 2.57. The summed E-state index contributed by atoms with van der Waals surface area (Å²) in [6.45, 7) is 0.0356. The Kier molecular flexibility index (Phi) is 3.75. The molecule has 2 N–H and O–H groups in total. The zero-order valence-corrected chi connectivity index (χ0v) is 10.4. The Morgan fingerprint density at radius 3 is 2.95 bits per heavy atom. The van der Waals surface area contributed by atoms with Crippen LogP contribution < -0.4 is 15.0 Å². The highest BCUT2D eigenvalue weighted by atomic mass is 35.5. The van der Waals surface area contributed by atoms with Crippen LogP contribution in [0.2, 0.25) is 5.02 Å². The van der Waals surface area contributed by atoms with Crippen molar-refractivity contribution in [2.75, 3.05) is 24.6 Å². The number of carbonyl (C=O) groups is 2. The number of nitrogens with zero attached hydrogens (tertiary/aromatic N) is 1. The molecule has 0 spiro atoms. The van der Waals surface area contributed by atoms with E-state index in [0.717, 1.165) is 6.07 Å². The van der Waals surface area contributed by atoms with Crippen LogP contribution in [0.5, 0.6) is 5.75 Å². The van der Waals surface area contributed by atoms with Crippen LogP contribution in [0.1, 0.15) is 0 Å². The molecule has 0 atom stereocenters. The number of fused-ring (bicyclic) bond motifs is 1. The van der Waals surface area contributed by atoms with Gasteiger partial charge in [-0.2, -0.15) is 0 Å². The van der Waals surface area contributed by atoms with Gasteiger partial charge in [-0.05, 0) is 12.1 Å². The van der Waals surface area contributed by atoms with Crippen LogP contribution in [0.3, 0.4) is 0 Å². The van der Waals surface area contributed by atoms with Gasteiger partial charge in [0.1, 0.15) is 24.0 Å². The number of amides is 2. The molecule has 0 saturated carbocycles. The normalized spacial score (nSPS) is 13.5. The van der Waals surface area contributed by atoms with Crippen molar-refractivity contribution in [3.05, 3.63) is 23.0 Å². The van der Waals surface area contributed by atoms with Gasteiger partial charge in [0.2, 0.25) is 5.91 Å². The summed E-state index contributed by atoms with van der Waals surface area (Å²) < 4.78 is 18.5. The van der Waals surface area contributed by atoms with Crippen LogP contribution in [-0.2, 0) is 4.79 Å². The van der Waals surface area contributed by atoms with Crippen molar-refractivity contribution >= 4 is 29.3 Å². The molecule has 102 valence electrons. The Morgan fingerprint density at radius 2 is 2.26 bits per heavy atom. The lowest BCUT2D eigenvalue weighted by Gasteiger charge is -2.30. The average molecular weight is 289 g/mol. The Balaban J connectivity index is 2.25. The van der Waals surface area contributed by atoms with E-state index >= 15 is 0 Å². The second-order valence-corrected chi connectivity index (χ2v) is 4.14. The molecule has 0 aromatic heterocycles. The van der Waals surface area contributed by atoms with Crippen molar-refractivity contribution in [3.8, 4) is 5.75 Å². The topological polar surface area (TPSA) is 78.9 Å². The third-order valence-corrected chi connectivity index (χ3v) is 2.93. The molecule has 6 nitrogen and oxygen atoms in total. The van der Waals surface area contributed by atoms with Crippen LogP contribution in [-0.4, -0.2) is 36.8 Å². The molecule has 2 amide bonds. The summed E-state index contributed by atoms with van der Waals surface area (Å²) in [5, 5.41) is 10.2. The minimum absolute atomic E-state index is 0.0941. The van der Waals surface area contributed by atoms with Crippen molar-refractivity contribution in [3.63, 3.8) is 0 Å². The fourth-order valence-corrected chi connectivity index (χ4v) is 1.95. The SMILES string of the molecule is O=C(O)NCC(=O)N1CCOc2c1ccc(F)c2Cl. The summed E-state index contributed by atoms with van der Waals surface area (Å²) in [4.78, 5) is 23.5. The molecule has 1 aliphatic heterocycles. The third kappa shape index (κ3) is 2.70. The molecule has 1 heterocycles. The molecule has 0 bridgehead atoms. The van der Waals surface area contributed by atoms with Crippen LogP contribution in [0, 0.1) is 5.82 Å². The van der Waals surface area contributed by atoms with E-state index in [1.54, 1.807) is 0 Å². The quantitative estimate of drug-likeness (QED) is 0.864. The second kappa shape index (κ2) is 5.31. The van der Waals surface area contributed by atoms with Crippen molar-refractivity contribution in [1.82, 2.24) is 5.32 Å².